The highest BCUT2D eigenvalue weighted by Crippen LogP contribution is 2.32. The first-order chi connectivity index (χ1) is 12.9. The van der Waals surface area contributed by atoms with Gasteiger partial charge in [0.2, 0.25) is 5.91 Å². The Labute approximate surface area is 156 Å². The monoisotopic (exact) mass is 367 g/mol. The summed E-state index contributed by atoms with van der Waals surface area (Å²) in [4.78, 5) is 41.0. The Hall–Kier alpha value is -3.09. The number of para-hydroxylation sites is 1. The molecule has 7 nitrogen and oxygen atoms in total. The fourth-order valence-electron chi connectivity index (χ4n) is 3.85. The van der Waals surface area contributed by atoms with Gasteiger partial charge in [0.05, 0.1) is 6.26 Å². The van der Waals surface area contributed by atoms with Crippen molar-refractivity contribution in [1.82, 2.24) is 10.2 Å². The Bertz CT molecular complexity index is 908. The van der Waals surface area contributed by atoms with E-state index in [0.717, 1.165) is 29.0 Å². The first-order valence-electron chi connectivity index (χ1n) is 9.00. The fourth-order valence-corrected chi connectivity index (χ4v) is 3.85. The van der Waals surface area contributed by atoms with Crippen LogP contribution in [0.3, 0.4) is 0 Å². The number of nitrogens with one attached hydrogen (secondary N) is 1. The number of anilines is 1. The van der Waals surface area contributed by atoms with Crippen molar-refractivity contribution >= 4 is 23.5 Å². The molecule has 2 aliphatic rings. The molecule has 1 N–H and O–H groups in total. The van der Waals surface area contributed by atoms with Crippen LogP contribution in [0.15, 0.2) is 47.1 Å². The second kappa shape index (κ2) is 6.26. The summed E-state index contributed by atoms with van der Waals surface area (Å²) in [7, 11) is 0. The molecular weight excluding hydrogens is 346 g/mol. The van der Waals surface area contributed by atoms with Gasteiger partial charge in [0.25, 0.3) is 5.91 Å². The van der Waals surface area contributed by atoms with Gasteiger partial charge in [-0.15, -0.1) is 0 Å². The summed E-state index contributed by atoms with van der Waals surface area (Å²) >= 11 is 0. The summed E-state index contributed by atoms with van der Waals surface area (Å²) in [5.74, 6) is -0.428. The molecule has 1 fully saturated rings. The molecule has 0 radical (unpaired) electrons. The lowest BCUT2D eigenvalue weighted by atomic mass is 9.96. The highest BCUT2D eigenvalue weighted by atomic mass is 16.3. The molecule has 1 saturated heterocycles. The zero-order valence-electron chi connectivity index (χ0n) is 15.3. The maximum Gasteiger partial charge on any atom is 0.325 e. The molecule has 2 aliphatic heterocycles. The van der Waals surface area contributed by atoms with Crippen molar-refractivity contribution in [2.75, 3.05) is 11.4 Å². The van der Waals surface area contributed by atoms with E-state index in [1.54, 1.807) is 24.0 Å². The summed E-state index contributed by atoms with van der Waals surface area (Å²) in [5.41, 5.74) is 0.649. The first-order valence-corrected chi connectivity index (χ1v) is 9.00. The van der Waals surface area contributed by atoms with E-state index >= 15 is 0 Å². The molecule has 4 rings (SSSR count). The Balaban J connectivity index is 1.59. The molecule has 2 aromatic rings. The third-order valence-corrected chi connectivity index (χ3v) is 5.37. The minimum Gasteiger partial charge on any atom is -0.466 e. The van der Waals surface area contributed by atoms with Gasteiger partial charge in [-0.25, -0.2) is 4.79 Å². The second-order valence-electron chi connectivity index (χ2n) is 7.20. The van der Waals surface area contributed by atoms with Crippen molar-refractivity contribution in [3.8, 4) is 0 Å². The summed E-state index contributed by atoms with van der Waals surface area (Å²) in [6, 6.07) is 10.4. The Kier molecular flexibility index (Phi) is 4.02. The van der Waals surface area contributed by atoms with Crippen molar-refractivity contribution in [2.45, 2.75) is 38.3 Å². The molecule has 2 atom stereocenters. The minimum atomic E-state index is -1.30. The average Bonchev–Trinajstić information content (AvgIpc) is 3.26. The van der Waals surface area contributed by atoms with Crippen LogP contribution in [0.4, 0.5) is 10.5 Å². The van der Waals surface area contributed by atoms with Gasteiger partial charge in [0.1, 0.15) is 12.3 Å². The molecule has 7 heteroatoms. The van der Waals surface area contributed by atoms with Gasteiger partial charge in [0.15, 0.2) is 5.54 Å². The number of rotatable bonds is 3. The first kappa shape index (κ1) is 17.3. The van der Waals surface area contributed by atoms with E-state index in [4.69, 9.17) is 4.42 Å². The van der Waals surface area contributed by atoms with Crippen LogP contribution >= 0.6 is 0 Å². The number of fused-ring (bicyclic) bond motifs is 1. The normalized spacial score (nSPS) is 24.7. The van der Waals surface area contributed by atoms with Crippen LogP contribution in [0.25, 0.3) is 0 Å². The predicted octanol–water partition coefficient (Wildman–Crippen LogP) is 2.41. The van der Waals surface area contributed by atoms with Gasteiger partial charge < -0.3 is 14.6 Å². The molecule has 0 bridgehead atoms. The molecule has 27 heavy (non-hydrogen) atoms. The lowest BCUT2D eigenvalue weighted by molar-refractivity contribution is -0.134. The molecule has 0 saturated carbocycles. The molecule has 1 aromatic heterocycles. The van der Waals surface area contributed by atoms with E-state index in [9.17, 15) is 14.4 Å². The lowest BCUT2D eigenvalue weighted by Gasteiger charge is -2.36. The topological polar surface area (TPSA) is 82.9 Å². The minimum absolute atomic E-state index is 0.00428. The summed E-state index contributed by atoms with van der Waals surface area (Å²) in [5, 5.41) is 2.64. The van der Waals surface area contributed by atoms with Crippen LogP contribution in [-0.2, 0) is 21.5 Å². The van der Waals surface area contributed by atoms with E-state index in [2.05, 4.69) is 5.32 Å². The molecule has 4 amide bonds. The van der Waals surface area contributed by atoms with Gasteiger partial charge in [-0.1, -0.05) is 18.2 Å². The van der Waals surface area contributed by atoms with Crippen molar-refractivity contribution in [1.29, 1.82) is 0 Å². The highest BCUT2D eigenvalue weighted by molar-refractivity contribution is 6.10. The van der Waals surface area contributed by atoms with E-state index in [0.29, 0.717) is 5.76 Å². The lowest BCUT2D eigenvalue weighted by Crippen LogP contribution is -2.49. The van der Waals surface area contributed by atoms with Crippen molar-refractivity contribution < 1.29 is 18.8 Å². The number of furan rings is 1. The molecule has 0 unspecified atom stereocenters. The molecule has 0 aliphatic carbocycles. The van der Waals surface area contributed by atoms with Crippen LogP contribution in [0.2, 0.25) is 0 Å². The number of urea groups is 1. The van der Waals surface area contributed by atoms with Gasteiger partial charge >= 0.3 is 6.03 Å². The zero-order chi connectivity index (χ0) is 19.2. The number of aryl methyl sites for hydroxylation is 1. The molecular formula is C20H21N3O4. The van der Waals surface area contributed by atoms with Crippen LogP contribution in [0.1, 0.15) is 31.6 Å². The highest BCUT2D eigenvalue weighted by Gasteiger charge is 2.51. The van der Waals surface area contributed by atoms with Gasteiger partial charge in [-0.2, -0.15) is 0 Å². The molecule has 140 valence electrons. The van der Waals surface area contributed by atoms with Gasteiger partial charge in [0, 0.05) is 11.7 Å². The van der Waals surface area contributed by atoms with E-state index < -0.39 is 17.5 Å². The molecule has 3 heterocycles. The average molecular weight is 367 g/mol. The van der Waals surface area contributed by atoms with Crippen LogP contribution in [0.5, 0.6) is 0 Å². The third kappa shape index (κ3) is 2.70. The summed E-state index contributed by atoms with van der Waals surface area (Å²) in [6.07, 6.45) is 3.19. The summed E-state index contributed by atoms with van der Waals surface area (Å²) in [6.45, 7) is 3.25. The van der Waals surface area contributed by atoms with Crippen molar-refractivity contribution in [2.24, 2.45) is 0 Å². The number of benzene rings is 1. The van der Waals surface area contributed by atoms with Crippen molar-refractivity contribution in [3.05, 3.63) is 54.0 Å². The number of hydrogen-bond acceptors (Lipinski definition) is 4. The quantitative estimate of drug-likeness (QED) is 0.845. The number of hydrogen-bond donors (Lipinski definition) is 1. The van der Waals surface area contributed by atoms with Crippen molar-refractivity contribution in [3.63, 3.8) is 0 Å². The number of imide groups is 1. The van der Waals surface area contributed by atoms with Crippen LogP contribution < -0.4 is 10.2 Å². The fraction of sp³-hybridized carbons (Fsp3) is 0.350. The Morgan fingerprint density at radius 2 is 2.04 bits per heavy atom. The SMILES string of the molecule is C[C@@H]1CCc2ccccc2N1C(=O)CN1C(=O)N[C@@](C)(c2ccco2)C1=O. The summed E-state index contributed by atoms with van der Waals surface area (Å²) < 4.78 is 5.31. The Morgan fingerprint density at radius 1 is 1.26 bits per heavy atom. The molecule has 0 spiro atoms. The van der Waals surface area contributed by atoms with E-state index in [-0.39, 0.29) is 18.5 Å². The predicted molar refractivity (Wildman–Crippen MR) is 98.0 cm³/mol. The number of amides is 4. The number of carbonyl (C=O) groups excluding carboxylic acids is 3. The van der Waals surface area contributed by atoms with Gasteiger partial charge in [-0.3, -0.25) is 14.5 Å². The van der Waals surface area contributed by atoms with E-state index in [1.165, 1.54) is 6.26 Å². The maximum atomic E-state index is 13.0. The zero-order valence-corrected chi connectivity index (χ0v) is 15.3. The number of carbonyl (C=O) groups is 3. The number of nitrogens with zero attached hydrogens (tertiary/aromatic N) is 2. The van der Waals surface area contributed by atoms with Crippen LogP contribution in [-0.4, -0.2) is 35.3 Å². The second-order valence-corrected chi connectivity index (χ2v) is 7.20. The maximum absolute atomic E-state index is 13.0. The largest absolute Gasteiger partial charge is 0.466 e. The van der Waals surface area contributed by atoms with E-state index in [1.807, 2.05) is 31.2 Å². The smallest absolute Gasteiger partial charge is 0.325 e. The Morgan fingerprint density at radius 3 is 2.78 bits per heavy atom. The molecule has 1 aromatic carbocycles. The standard InChI is InChI=1S/C20H21N3O4/c1-13-9-10-14-6-3-4-7-15(14)23(13)17(24)12-22-18(25)20(2,21-19(22)26)16-8-5-11-27-16/h3-8,11,13H,9-10,12H2,1-2H3,(H,21,26)/t13-,20+/m1/s1. The van der Waals surface area contributed by atoms with Crippen LogP contribution in [0, 0.1) is 0 Å². The third-order valence-electron chi connectivity index (χ3n) is 5.37. The van der Waals surface area contributed by atoms with Gasteiger partial charge in [-0.05, 0) is 50.5 Å².